The van der Waals surface area contributed by atoms with Crippen LogP contribution in [-0.4, -0.2) is 9.55 Å². The molecule has 0 atom stereocenters. The first-order valence-corrected chi connectivity index (χ1v) is 8.80. The number of para-hydroxylation sites is 1. The lowest BCUT2D eigenvalue weighted by Crippen LogP contribution is -1.91. The van der Waals surface area contributed by atoms with Gasteiger partial charge in [-0.05, 0) is 17.0 Å². The van der Waals surface area contributed by atoms with Crippen molar-refractivity contribution < 1.29 is 0 Å². The lowest BCUT2D eigenvalue weighted by Gasteiger charge is -2.12. The van der Waals surface area contributed by atoms with Crippen molar-refractivity contribution in [2.24, 2.45) is 7.05 Å². The fourth-order valence-corrected chi connectivity index (χ4v) is 3.80. The SMILES string of the molecule is Cn1cc(-c2ncc3ccccc3c2-c2ccccc2)c2ccccc21. The van der Waals surface area contributed by atoms with E-state index in [1.54, 1.807) is 0 Å². The fraction of sp³-hybridized carbons (Fsp3) is 0.0417. The maximum absolute atomic E-state index is 4.90. The standard InChI is InChI=1S/C24H18N2/c1-26-16-21(20-13-7-8-14-22(20)26)24-23(17-9-3-2-4-10-17)19-12-6-5-11-18(19)15-25-24/h2-16H,1H3. The van der Waals surface area contributed by atoms with E-state index < -0.39 is 0 Å². The van der Waals surface area contributed by atoms with Crippen LogP contribution in [0.4, 0.5) is 0 Å². The van der Waals surface area contributed by atoms with Gasteiger partial charge in [-0.3, -0.25) is 4.98 Å². The molecule has 124 valence electrons. The second kappa shape index (κ2) is 5.85. The molecule has 0 N–H and O–H groups in total. The molecule has 0 aliphatic rings. The monoisotopic (exact) mass is 334 g/mol. The second-order valence-electron chi connectivity index (χ2n) is 6.61. The predicted octanol–water partition coefficient (Wildman–Crippen LogP) is 6.06. The van der Waals surface area contributed by atoms with Crippen molar-refractivity contribution >= 4 is 21.7 Å². The lowest BCUT2D eigenvalue weighted by atomic mass is 9.94. The smallest absolute Gasteiger partial charge is 0.0808 e. The van der Waals surface area contributed by atoms with Gasteiger partial charge in [0.2, 0.25) is 0 Å². The summed E-state index contributed by atoms with van der Waals surface area (Å²) in [6.07, 6.45) is 4.17. The molecule has 5 rings (SSSR count). The molecular weight excluding hydrogens is 316 g/mol. The molecule has 0 saturated carbocycles. The molecule has 26 heavy (non-hydrogen) atoms. The number of hydrogen-bond donors (Lipinski definition) is 0. The van der Waals surface area contributed by atoms with Gasteiger partial charge in [-0.1, -0.05) is 72.8 Å². The molecule has 5 aromatic rings. The predicted molar refractivity (Wildman–Crippen MR) is 109 cm³/mol. The van der Waals surface area contributed by atoms with Crippen molar-refractivity contribution in [3.8, 4) is 22.4 Å². The molecule has 2 heteroatoms. The van der Waals surface area contributed by atoms with Gasteiger partial charge in [0.25, 0.3) is 0 Å². The number of rotatable bonds is 2. The Hall–Kier alpha value is -3.39. The normalized spacial score (nSPS) is 11.3. The Balaban J connectivity index is 1.92. The summed E-state index contributed by atoms with van der Waals surface area (Å²) in [7, 11) is 2.09. The molecule has 0 spiro atoms. The lowest BCUT2D eigenvalue weighted by molar-refractivity contribution is 0.969. The first-order chi connectivity index (χ1) is 12.8. The van der Waals surface area contributed by atoms with Crippen LogP contribution in [0.5, 0.6) is 0 Å². The molecule has 0 fully saturated rings. The van der Waals surface area contributed by atoms with E-state index in [9.17, 15) is 0 Å². The topological polar surface area (TPSA) is 17.8 Å². The molecule has 2 nitrogen and oxygen atoms in total. The number of benzene rings is 3. The first kappa shape index (κ1) is 14.9. The second-order valence-corrected chi connectivity index (χ2v) is 6.61. The number of fused-ring (bicyclic) bond motifs is 2. The van der Waals surface area contributed by atoms with E-state index in [0.717, 1.165) is 11.1 Å². The van der Waals surface area contributed by atoms with E-state index in [4.69, 9.17) is 4.98 Å². The fourth-order valence-electron chi connectivity index (χ4n) is 3.80. The van der Waals surface area contributed by atoms with Crippen molar-refractivity contribution in [2.75, 3.05) is 0 Å². The molecule has 0 amide bonds. The minimum absolute atomic E-state index is 1.03. The number of aryl methyl sites for hydroxylation is 1. The average Bonchev–Trinajstić information content (AvgIpc) is 3.04. The highest BCUT2D eigenvalue weighted by Gasteiger charge is 2.17. The van der Waals surface area contributed by atoms with Gasteiger partial charge in [-0.25, -0.2) is 0 Å². The molecular formula is C24H18N2. The van der Waals surface area contributed by atoms with Crippen molar-refractivity contribution in [3.05, 3.63) is 91.3 Å². The van der Waals surface area contributed by atoms with Crippen LogP contribution in [0.3, 0.4) is 0 Å². The largest absolute Gasteiger partial charge is 0.350 e. The third-order valence-corrected chi connectivity index (χ3v) is 5.01. The Kier molecular flexibility index (Phi) is 3.36. The summed E-state index contributed by atoms with van der Waals surface area (Å²) in [5.41, 5.74) is 5.82. The number of pyridine rings is 1. The quantitative estimate of drug-likeness (QED) is 0.383. The summed E-state index contributed by atoms with van der Waals surface area (Å²) in [5, 5.41) is 3.63. The molecule has 2 aromatic heterocycles. The molecule has 0 unspecified atom stereocenters. The first-order valence-electron chi connectivity index (χ1n) is 8.80. The minimum atomic E-state index is 1.03. The van der Waals surface area contributed by atoms with Crippen LogP contribution in [0.1, 0.15) is 0 Å². The van der Waals surface area contributed by atoms with E-state index in [2.05, 4.69) is 96.7 Å². The zero-order chi connectivity index (χ0) is 17.5. The highest BCUT2D eigenvalue weighted by Crippen LogP contribution is 2.39. The molecule has 0 aliphatic heterocycles. The Morgan fingerprint density at radius 3 is 2.27 bits per heavy atom. The molecule has 3 aromatic carbocycles. The maximum atomic E-state index is 4.90. The van der Waals surface area contributed by atoms with Gasteiger partial charge >= 0.3 is 0 Å². The van der Waals surface area contributed by atoms with Gasteiger partial charge in [-0.2, -0.15) is 0 Å². The Morgan fingerprint density at radius 1 is 0.731 bits per heavy atom. The molecule has 0 saturated heterocycles. The molecule has 0 radical (unpaired) electrons. The van der Waals surface area contributed by atoms with Gasteiger partial charge in [0.1, 0.15) is 0 Å². The Morgan fingerprint density at radius 2 is 1.42 bits per heavy atom. The van der Waals surface area contributed by atoms with Crippen molar-refractivity contribution in [1.29, 1.82) is 0 Å². The summed E-state index contributed by atoms with van der Waals surface area (Å²) < 4.78 is 2.18. The molecule has 0 aliphatic carbocycles. The number of hydrogen-bond acceptors (Lipinski definition) is 1. The van der Waals surface area contributed by atoms with Crippen LogP contribution < -0.4 is 0 Å². The molecule has 2 heterocycles. The summed E-state index contributed by atoms with van der Waals surface area (Å²) in [5.74, 6) is 0. The highest BCUT2D eigenvalue weighted by atomic mass is 14.9. The minimum Gasteiger partial charge on any atom is -0.350 e. The van der Waals surface area contributed by atoms with E-state index in [1.165, 1.54) is 33.0 Å². The number of aromatic nitrogens is 2. The van der Waals surface area contributed by atoms with Crippen LogP contribution in [0.25, 0.3) is 44.1 Å². The van der Waals surface area contributed by atoms with Crippen LogP contribution >= 0.6 is 0 Å². The highest BCUT2D eigenvalue weighted by molar-refractivity contribution is 6.06. The van der Waals surface area contributed by atoms with E-state index in [-0.39, 0.29) is 0 Å². The van der Waals surface area contributed by atoms with Crippen molar-refractivity contribution in [2.45, 2.75) is 0 Å². The van der Waals surface area contributed by atoms with Crippen LogP contribution in [-0.2, 0) is 7.05 Å². The van der Waals surface area contributed by atoms with Crippen molar-refractivity contribution in [3.63, 3.8) is 0 Å². The Labute approximate surface area is 152 Å². The zero-order valence-electron chi connectivity index (χ0n) is 14.6. The molecule has 0 bridgehead atoms. The van der Waals surface area contributed by atoms with Gasteiger partial charge < -0.3 is 4.57 Å². The zero-order valence-corrected chi connectivity index (χ0v) is 14.6. The van der Waals surface area contributed by atoms with Gasteiger partial charge in [-0.15, -0.1) is 0 Å². The van der Waals surface area contributed by atoms with Gasteiger partial charge in [0, 0.05) is 46.9 Å². The Bertz CT molecular complexity index is 1230. The summed E-state index contributed by atoms with van der Waals surface area (Å²) in [6.45, 7) is 0. The van der Waals surface area contributed by atoms with E-state index in [1.807, 2.05) is 6.20 Å². The third kappa shape index (κ3) is 2.23. The van der Waals surface area contributed by atoms with Crippen LogP contribution in [0.2, 0.25) is 0 Å². The van der Waals surface area contributed by atoms with Crippen molar-refractivity contribution in [1.82, 2.24) is 9.55 Å². The summed E-state index contributed by atoms with van der Waals surface area (Å²) in [4.78, 5) is 4.90. The number of nitrogens with zero attached hydrogens (tertiary/aromatic N) is 2. The van der Waals surface area contributed by atoms with Crippen LogP contribution in [0.15, 0.2) is 91.3 Å². The van der Waals surface area contributed by atoms with E-state index >= 15 is 0 Å². The third-order valence-electron chi connectivity index (χ3n) is 5.01. The summed E-state index contributed by atoms with van der Waals surface area (Å²) >= 11 is 0. The average molecular weight is 334 g/mol. The van der Waals surface area contributed by atoms with Gasteiger partial charge in [0.15, 0.2) is 0 Å². The van der Waals surface area contributed by atoms with Crippen LogP contribution in [0, 0.1) is 0 Å². The maximum Gasteiger partial charge on any atom is 0.0808 e. The summed E-state index contributed by atoms with van der Waals surface area (Å²) in [6, 6.07) is 27.5. The van der Waals surface area contributed by atoms with Gasteiger partial charge in [0.05, 0.1) is 5.69 Å². The van der Waals surface area contributed by atoms with E-state index in [0.29, 0.717) is 0 Å².